The van der Waals surface area contributed by atoms with Crippen LogP contribution in [-0.2, 0) is 4.74 Å². The summed E-state index contributed by atoms with van der Waals surface area (Å²) in [5.74, 6) is 3.11. The number of allylic oxidation sites excluding steroid dienone is 1. The van der Waals surface area contributed by atoms with E-state index >= 15 is 0 Å². The molecule has 4 aliphatic carbocycles. The molecule has 0 amide bonds. The van der Waals surface area contributed by atoms with Crippen LogP contribution >= 0.6 is 0 Å². The highest BCUT2D eigenvalue weighted by Crippen LogP contribution is 2.75. The Labute approximate surface area is 198 Å². The first kappa shape index (κ1) is 23.4. The van der Waals surface area contributed by atoms with E-state index in [1.807, 2.05) is 0 Å². The van der Waals surface area contributed by atoms with Gasteiger partial charge in [-0.15, -0.1) is 0 Å². The van der Waals surface area contributed by atoms with Crippen molar-refractivity contribution in [2.24, 2.45) is 45.3 Å². The van der Waals surface area contributed by atoms with Gasteiger partial charge in [-0.2, -0.15) is 0 Å². The molecule has 182 valence electrons. The third-order valence-electron chi connectivity index (χ3n) is 12.6. The summed E-state index contributed by atoms with van der Waals surface area (Å²) in [6.07, 6.45) is 14.5. The van der Waals surface area contributed by atoms with E-state index in [2.05, 4.69) is 61.5 Å². The van der Waals surface area contributed by atoms with Crippen LogP contribution in [0.3, 0.4) is 0 Å². The Hall–Kier alpha value is -0.340. The normalized spacial score (nSPS) is 51.8. The van der Waals surface area contributed by atoms with Gasteiger partial charge in [0.1, 0.15) is 0 Å². The molecule has 0 radical (unpaired) electrons. The van der Waals surface area contributed by atoms with Crippen molar-refractivity contribution in [1.82, 2.24) is 0 Å². The lowest BCUT2D eigenvalue weighted by molar-refractivity contribution is -0.145. The molecule has 0 aromatic heterocycles. The van der Waals surface area contributed by atoms with Crippen molar-refractivity contribution in [1.29, 1.82) is 0 Å². The number of aliphatic hydroxyl groups excluding tert-OH is 1. The van der Waals surface area contributed by atoms with Gasteiger partial charge in [-0.3, -0.25) is 0 Å². The van der Waals surface area contributed by atoms with E-state index in [4.69, 9.17) is 4.74 Å². The summed E-state index contributed by atoms with van der Waals surface area (Å²) in [4.78, 5) is 0. The summed E-state index contributed by atoms with van der Waals surface area (Å²) >= 11 is 0. The van der Waals surface area contributed by atoms with Gasteiger partial charge in [0.05, 0.1) is 17.8 Å². The Morgan fingerprint density at radius 3 is 2.31 bits per heavy atom. The fourth-order valence-electron chi connectivity index (χ4n) is 9.99. The molecule has 1 saturated heterocycles. The van der Waals surface area contributed by atoms with Crippen LogP contribution in [0, 0.1) is 45.3 Å². The molecular weight excluding hydrogens is 392 g/mol. The van der Waals surface area contributed by atoms with Crippen LogP contribution in [0.1, 0.15) is 113 Å². The first-order chi connectivity index (χ1) is 14.8. The predicted octanol–water partition coefficient (Wildman–Crippen LogP) is 7.55. The highest BCUT2D eigenvalue weighted by molar-refractivity contribution is 5.30. The van der Waals surface area contributed by atoms with E-state index in [1.54, 1.807) is 5.57 Å². The second-order valence-corrected chi connectivity index (χ2v) is 14.6. The van der Waals surface area contributed by atoms with Gasteiger partial charge in [-0.05, 0) is 112 Å². The van der Waals surface area contributed by atoms with Crippen molar-refractivity contribution in [3.8, 4) is 0 Å². The Morgan fingerprint density at radius 1 is 0.969 bits per heavy atom. The van der Waals surface area contributed by atoms with E-state index in [0.717, 1.165) is 24.2 Å². The minimum atomic E-state index is -0.174. The molecule has 1 N–H and O–H groups in total. The largest absolute Gasteiger partial charge is 0.392 e. The summed E-state index contributed by atoms with van der Waals surface area (Å²) in [6, 6.07) is 0. The maximum atomic E-state index is 10.8. The molecule has 4 fully saturated rings. The number of hydrogen-bond acceptors (Lipinski definition) is 2. The number of epoxide rings is 1. The topological polar surface area (TPSA) is 32.8 Å². The summed E-state index contributed by atoms with van der Waals surface area (Å²) in [5, 5.41) is 10.8. The minimum absolute atomic E-state index is 0.0517. The average molecular weight is 443 g/mol. The van der Waals surface area contributed by atoms with E-state index in [1.165, 1.54) is 51.4 Å². The molecule has 1 heterocycles. The summed E-state index contributed by atoms with van der Waals surface area (Å²) in [7, 11) is 0. The molecule has 0 aromatic carbocycles. The molecule has 5 aliphatic rings. The van der Waals surface area contributed by atoms with Crippen molar-refractivity contribution in [3.05, 3.63) is 11.6 Å². The van der Waals surface area contributed by atoms with Crippen LogP contribution in [0.4, 0.5) is 0 Å². The Morgan fingerprint density at radius 2 is 1.66 bits per heavy atom. The van der Waals surface area contributed by atoms with Crippen LogP contribution in [0.2, 0.25) is 0 Å². The second-order valence-electron chi connectivity index (χ2n) is 14.6. The number of ether oxygens (including phenoxy) is 1. The summed E-state index contributed by atoms with van der Waals surface area (Å²) < 4.78 is 5.90. The SMILES string of the molecule is C[C@H](CC[C@@H]1OC1(C)C)[C@H]1CC[C@@]2(C)[C@@H]3CC=C4[C@@H](CC[C@H](O)C4(C)C)[C@]3(C)CC[C@]12C. The van der Waals surface area contributed by atoms with Crippen LogP contribution in [0.5, 0.6) is 0 Å². The first-order valence-electron chi connectivity index (χ1n) is 13.8. The second kappa shape index (κ2) is 7.09. The van der Waals surface area contributed by atoms with Crippen molar-refractivity contribution < 1.29 is 9.84 Å². The molecular formula is C30H50O2. The molecule has 2 nitrogen and oxygen atoms in total. The van der Waals surface area contributed by atoms with E-state index in [9.17, 15) is 5.11 Å². The van der Waals surface area contributed by atoms with Crippen LogP contribution in [0.15, 0.2) is 11.6 Å². The number of rotatable bonds is 4. The standard InChI is InChI=1S/C30H50O2/c1-19(9-14-25-27(4,5)32-25)20-15-16-30(8)23-12-10-21-22(11-13-24(31)26(21,2)3)28(23,6)17-18-29(20,30)7/h10,19-20,22-25,31H,9,11-18H2,1-8H3/t19-,20-,22-,23-,24+,25+,28+,29-,30+/m1/s1. The molecule has 1 aliphatic heterocycles. The van der Waals surface area contributed by atoms with Gasteiger partial charge in [-0.1, -0.05) is 53.2 Å². The lowest BCUT2D eigenvalue weighted by Gasteiger charge is -2.66. The van der Waals surface area contributed by atoms with Crippen molar-refractivity contribution in [2.45, 2.75) is 131 Å². The highest BCUT2D eigenvalue weighted by Gasteiger charge is 2.67. The maximum Gasteiger partial charge on any atom is 0.0892 e. The van der Waals surface area contributed by atoms with Gasteiger partial charge in [0.15, 0.2) is 0 Å². The van der Waals surface area contributed by atoms with Gasteiger partial charge in [0, 0.05) is 5.41 Å². The van der Waals surface area contributed by atoms with Gasteiger partial charge in [0.25, 0.3) is 0 Å². The first-order valence-corrected chi connectivity index (χ1v) is 13.8. The monoisotopic (exact) mass is 442 g/mol. The van der Waals surface area contributed by atoms with Crippen LogP contribution in [0.25, 0.3) is 0 Å². The van der Waals surface area contributed by atoms with Gasteiger partial charge in [0.2, 0.25) is 0 Å². The highest BCUT2D eigenvalue weighted by atomic mass is 16.6. The number of aliphatic hydroxyl groups is 1. The zero-order valence-corrected chi connectivity index (χ0v) is 22.3. The molecule has 0 unspecified atom stereocenters. The minimum Gasteiger partial charge on any atom is -0.392 e. The zero-order valence-electron chi connectivity index (χ0n) is 22.3. The molecule has 0 aromatic rings. The maximum absolute atomic E-state index is 10.8. The molecule has 9 atom stereocenters. The lowest BCUT2D eigenvalue weighted by atomic mass is 9.39. The van der Waals surface area contributed by atoms with E-state index in [0.29, 0.717) is 28.3 Å². The molecule has 3 saturated carbocycles. The third kappa shape index (κ3) is 3.03. The average Bonchev–Trinajstić information content (AvgIpc) is 3.22. The predicted molar refractivity (Wildman–Crippen MR) is 132 cm³/mol. The van der Waals surface area contributed by atoms with E-state index < -0.39 is 0 Å². The zero-order chi connectivity index (χ0) is 23.3. The molecule has 2 heteroatoms. The third-order valence-corrected chi connectivity index (χ3v) is 12.6. The lowest BCUT2D eigenvalue weighted by Crippen LogP contribution is -2.59. The fourth-order valence-corrected chi connectivity index (χ4v) is 9.99. The van der Waals surface area contributed by atoms with Gasteiger partial charge >= 0.3 is 0 Å². The molecule has 32 heavy (non-hydrogen) atoms. The fraction of sp³-hybridized carbons (Fsp3) is 0.933. The molecule has 5 rings (SSSR count). The molecule has 0 spiro atoms. The van der Waals surface area contributed by atoms with Crippen molar-refractivity contribution >= 4 is 0 Å². The summed E-state index contributed by atoms with van der Waals surface area (Å²) in [5.41, 5.74) is 2.98. The Bertz CT molecular complexity index is 795. The van der Waals surface area contributed by atoms with E-state index in [-0.39, 0.29) is 17.1 Å². The van der Waals surface area contributed by atoms with Gasteiger partial charge < -0.3 is 9.84 Å². The van der Waals surface area contributed by atoms with Crippen LogP contribution < -0.4 is 0 Å². The Kier molecular flexibility index (Phi) is 5.19. The van der Waals surface area contributed by atoms with Gasteiger partial charge in [-0.25, -0.2) is 0 Å². The Balaban J connectivity index is 1.39. The van der Waals surface area contributed by atoms with Crippen molar-refractivity contribution in [2.75, 3.05) is 0 Å². The quantitative estimate of drug-likeness (QED) is 0.360. The molecule has 0 bridgehead atoms. The smallest absolute Gasteiger partial charge is 0.0892 e. The van der Waals surface area contributed by atoms with Crippen molar-refractivity contribution in [3.63, 3.8) is 0 Å². The number of fused-ring (bicyclic) bond motifs is 5. The summed E-state index contributed by atoms with van der Waals surface area (Å²) in [6.45, 7) is 19.7. The number of hydrogen-bond donors (Lipinski definition) is 1. The van der Waals surface area contributed by atoms with Crippen LogP contribution in [-0.4, -0.2) is 22.9 Å².